The van der Waals surface area contributed by atoms with Crippen LogP contribution in [0.25, 0.3) is 0 Å². The molecule has 0 saturated carbocycles. The maximum atomic E-state index is 12.2. The second-order valence-corrected chi connectivity index (χ2v) is 4.83. The zero-order chi connectivity index (χ0) is 12.3. The number of carbonyl (C=O) groups is 1. The number of halogens is 2. The number of hydrogen-bond acceptors (Lipinski definition) is 3. The van der Waals surface area contributed by atoms with Gasteiger partial charge in [0, 0.05) is 5.69 Å². The molecular weight excluding hydrogens is 285 g/mol. The van der Waals surface area contributed by atoms with Crippen LogP contribution in [-0.4, -0.2) is 23.0 Å². The van der Waals surface area contributed by atoms with Crippen molar-refractivity contribution in [3.05, 3.63) is 23.9 Å². The van der Waals surface area contributed by atoms with Crippen molar-refractivity contribution in [2.24, 2.45) is 0 Å². The zero-order valence-electron chi connectivity index (χ0n) is 11.2. The number of aryl methyl sites for hydroxylation is 1. The smallest absolute Gasteiger partial charge is 0.245 e. The van der Waals surface area contributed by atoms with Crippen LogP contribution in [0.5, 0.6) is 0 Å². The molecular formula is C13H21Cl2N3O. The van der Waals surface area contributed by atoms with E-state index in [-0.39, 0.29) is 30.7 Å². The van der Waals surface area contributed by atoms with Gasteiger partial charge in [0.15, 0.2) is 0 Å². The molecule has 1 aromatic heterocycles. The largest absolute Gasteiger partial charge is 0.309 e. The average Bonchev–Trinajstić information content (AvgIpc) is 2.30. The fraction of sp³-hybridized carbons (Fsp3) is 0.538. The first kappa shape index (κ1) is 18.2. The molecule has 1 atom stereocenters. The van der Waals surface area contributed by atoms with Crippen LogP contribution in [0.1, 0.15) is 31.9 Å². The molecule has 108 valence electrons. The molecule has 0 aliphatic carbocycles. The summed E-state index contributed by atoms with van der Waals surface area (Å²) in [5.74, 6) is 0.638. The minimum Gasteiger partial charge on any atom is -0.309 e. The Hall–Kier alpha value is -0.840. The Morgan fingerprint density at radius 2 is 2.11 bits per heavy atom. The number of nitrogens with zero attached hydrogens (tertiary/aromatic N) is 1. The number of rotatable bonds is 2. The number of anilines is 1. The van der Waals surface area contributed by atoms with E-state index in [4.69, 9.17) is 0 Å². The summed E-state index contributed by atoms with van der Waals surface area (Å²) in [5.41, 5.74) is 0.452. The van der Waals surface area contributed by atoms with Crippen molar-refractivity contribution >= 4 is 36.5 Å². The molecule has 6 heteroatoms. The van der Waals surface area contributed by atoms with Crippen LogP contribution in [0.3, 0.4) is 0 Å². The number of nitrogens with one attached hydrogen (secondary N) is 2. The number of pyridine rings is 1. The van der Waals surface area contributed by atoms with Crippen LogP contribution in [-0.2, 0) is 4.79 Å². The van der Waals surface area contributed by atoms with Crippen LogP contribution in [0, 0.1) is 6.92 Å². The second kappa shape index (κ2) is 7.68. The zero-order valence-corrected chi connectivity index (χ0v) is 12.9. The Morgan fingerprint density at radius 1 is 1.37 bits per heavy atom. The maximum absolute atomic E-state index is 12.2. The van der Waals surface area contributed by atoms with Gasteiger partial charge in [0.05, 0.1) is 5.54 Å². The minimum atomic E-state index is -0.455. The molecule has 1 amide bonds. The van der Waals surface area contributed by atoms with Gasteiger partial charge < -0.3 is 10.6 Å². The highest BCUT2D eigenvalue weighted by molar-refractivity contribution is 5.97. The first-order valence-corrected chi connectivity index (χ1v) is 6.10. The Morgan fingerprint density at radius 3 is 2.68 bits per heavy atom. The van der Waals surface area contributed by atoms with E-state index in [1.54, 1.807) is 0 Å². The summed E-state index contributed by atoms with van der Waals surface area (Å²) in [6.07, 6.45) is 3.12. The van der Waals surface area contributed by atoms with E-state index in [0.717, 1.165) is 31.5 Å². The molecule has 0 spiro atoms. The highest BCUT2D eigenvalue weighted by atomic mass is 35.5. The molecule has 2 N–H and O–H groups in total. The molecule has 2 rings (SSSR count). The quantitative estimate of drug-likeness (QED) is 0.883. The summed E-state index contributed by atoms with van der Waals surface area (Å²) in [7, 11) is 0. The van der Waals surface area contributed by atoms with Crippen molar-refractivity contribution < 1.29 is 4.79 Å². The topological polar surface area (TPSA) is 54.0 Å². The SMILES string of the molecule is Cc1cccc(NC(=O)C2(C)CCCCN2)n1.Cl.Cl. The monoisotopic (exact) mass is 305 g/mol. The van der Waals surface area contributed by atoms with Crippen LogP contribution < -0.4 is 10.6 Å². The minimum absolute atomic E-state index is 0. The highest BCUT2D eigenvalue weighted by Gasteiger charge is 2.34. The predicted octanol–water partition coefficient (Wildman–Crippen LogP) is 2.70. The Balaban J connectivity index is 0.00000162. The van der Waals surface area contributed by atoms with Gasteiger partial charge in [0.1, 0.15) is 5.82 Å². The van der Waals surface area contributed by atoms with Gasteiger partial charge in [-0.25, -0.2) is 4.98 Å². The van der Waals surface area contributed by atoms with Gasteiger partial charge in [-0.05, 0) is 51.8 Å². The molecule has 1 fully saturated rings. The molecule has 1 saturated heterocycles. The molecule has 2 heterocycles. The molecule has 1 aromatic rings. The van der Waals surface area contributed by atoms with E-state index < -0.39 is 5.54 Å². The third kappa shape index (κ3) is 4.64. The number of amides is 1. The van der Waals surface area contributed by atoms with Gasteiger partial charge >= 0.3 is 0 Å². The van der Waals surface area contributed by atoms with Gasteiger partial charge in [0.2, 0.25) is 5.91 Å². The normalized spacial score (nSPS) is 21.8. The summed E-state index contributed by atoms with van der Waals surface area (Å²) in [6, 6.07) is 5.63. The van der Waals surface area contributed by atoms with E-state index in [9.17, 15) is 4.79 Å². The van der Waals surface area contributed by atoms with Crippen molar-refractivity contribution in [2.75, 3.05) is 11.9 Å². The summed E-state index contributed by atoms with van der Waals surface area (Å²) in [4.78, 5) is 16.5. The van der Waals surface area contributed by atoms with E-state index in [0.29, 0.717) is 5.82 Å². The van der Waals surface area contributed by atoms with E-state index >= 15 is 0 Å². The number of carbonyl (C=O) groups excluding carboxylic acids is 1. The van der Waals surface area contributed by atoms with Gasteiger partial charge in [-0.15, -0.1) is 24.8 Å². The van der Waals surface area contributed by atoms with E-state index in [1.165, 1.54) is 0 Å². The Kier molecular flexibility index (Phi) is 7.34. The molecule has 1 aliphatic rings. The molecule has 1 unspecified atom stereocenters. The van der Waals surface area contributed by atoms with Gasteiger partial charge in [-0.2, -0.15) is 0 Å². The van der Waals surface area contributed by atoms with Crippen molar-refractivity contribution in [3.8, 4) is 0 Å². The predicted molar refractivity (Wildman–Crippen MR) is 82.4 cm³/mol. The Bertz CT molecular complexity index is 420. The first-order chi connectivity index (χ1) is 8.10. The highest BCUT2D eigenvalue weighted by Crippen LogP contribution is 2.20. The Labute approximate surface area is 126 Å². The molecule has 0 bridgehead atoms. The molecule has 0 radical (unpaired) electrons. The number of aromatic nitrogens is 1. The van der Waals surface area contributed by atoms with Crippen LogP contribution >= 0.6 is 24.8 Å². The lowest BCUT2D eigenvalue weighted by Crippen LogP contribution is -2.54. The fourth-order valence-corrected chi connectivity index (χ4v) is 2.12. The number of hydrogen-bond donors (Lipinski definition) is 2. The summed E-state index contributed by atoms with van der Waals surface area (Å²) in [5, 5.41) is 6.17. The standard InChI is InChI=1S/C13H19N3O.2ClH/c1-10-6-5-7-11(15-10)16-12(17)13(2)8-3-4-9-14-13;;/h5-7,14H,3-4,8-9H2,1-2H3,(H,15,16,17);2*1H. The lowest BCUT2D eigenvalue weighted by molar-refractivity contribution is -0.122. The third-order valence-corrected chi connectivity index (χ3v) is 3.25. The van der Waals surface area contributed by atoms with Crippen molar-refractivity contribution in [3.63, 3.8) is 0 Å². The lowest BCUT2D eigenvalue weighted by atomic mass is 9.90. The van der Waals surface area contributed by atoms with Crippen molar-refractivity contribution in [1.29, 1.82) is 0 Å². The molecule has 19 heavy (non-hydrogen) atoms. The first-order valence-electron chi connectivity index (χ1n) is 6.10. The average molecular weight is 306 g/mol. The summed E-state index contributed by atoms with van der Waals surface area (Å²) >= 11 is 0. The van der Waals surface area contributed by atoms with Crippen LogP contribution in [0.15, 0.2) is 18.2 Å². The second-order valence-electron chi connectivity index (χ2n) is 4.83. The molecule has 1 aliphatic heterocycles. The summed E-state index contributed by atoms with van der Waals surface area (Å²) in [6.45, 7) is 4.78. The van der Waals surface area contributed by atoms with Gasteiger partial charge in [-0.1, -0.05) is 6.07 Å². The van der Waals surface area contributed by atoms with E-state index in [2.05, 4.69) is 15.6 Å². The van der Waals surface area contributed by atoms with Gasteiger partial charge in [-0.3, -0.25) is 4.79 Å². The number of piperidine rings is 1. The molecule has 4 nitrogen and oxygen atoms in total. The lowest BCUT2D eigenvalue weighted by Gasteiger charge is -2.33. The van der Waals surface area contributed by atoms with Crippen LogP contribution in [0.4, 0.5) is 5.82 Å². The maximum Gasteiger partial charge on any atom is 0.245 e. The van der Waals surface area contributed by atoms with Crippen LogP contribution in [0.2, 0.25) is 0 Å². The summed E-state index contributed by atoms with van der Waals surface area (Å²) < 4.78 is 0. The van der Waals surface area contributed by atoms with E-state index in [1.807, 2.05) is 32.0 Å². The van der Waals surface area contributed by atoms with Crippen molar-refractivity contribution in [1.82, 2.24) is 10.3 Å². The van der Waals surface area contributed by atoms with Gasteiger partial charge in [0.25, 0.3) is 0 Å². The fourth-order valence-electron chi connectivity index (χ4n) is 2.12. The van der Waals surface area contributed by atoms with Crippen molar-refractivity contribution in [2.45, 2.75) is 38.6 Å². The third-order valence-electron chi connectivity index (χ3n) is 3.25. The molecule has 0 aromatic carbocycles.